The zero-order valence-corrected chi connectivity index (χ0v) is 9.38. The molecule has 0 atom stereocenters. The third-order valence-corrected chi connectivity index (χ3v) is 2.52. The van der Waals surface area contributed by atoms with Gasteiger partial charge < -0.3 is 15.8 Å². The fraction of sp³-hybridized carbons (Fsp3) is 0.0833. The van der Waals surface area contributed by atoms with Crippen molar-refractivity contribution >= 4 is 17.4 Å². The summed E-state index contributed by atoms with van der Waals surface area (Å²) in [5.41, 5.74) is 7.13. The molecule has 1 amide bonds. The van der Waals surface area contributed by atoms with Gasteiger partial charge in [0.25, 0.3) is 5.91 Å². The van der Waals surface area contributed by atoms with Gasteiger partial charge in [-0.25, -0.2) is 9.97 Å². The van der Waals surface area contributed by atoms with E-state index in [9.17, 15) is 4.79 Å². The van der Waals surface area contributed by atoms with Gasteiger partial charge in [0.15, 0.2) is 24.0 Å². The van der Waals surface area contributed by atoms with E-state index in [-0.39, 0.29) is 12.5 Å². The van der Waals surface area contributed by atoms with Crippen LogP contribution >= 0.6 is 0 Å². The highest BCUT2D eigenvalue weighted by Gasteiger charge is 2.18. The van der Waals surface area contributed by atoms with Crippen molar-refractivity contribution in [3.63, 3.8) is 0 Å². The fourth-order valence-corrected chi connectivity index (χ4v) is 1.69. The zero-order valence-electron chi connectivity index (χ0n) is 9.38. The Balaban J connectivity index is 2.04. The molecule has 1 aromatic heterocycles. The van der Waals surface area contributed by atoms with Gasteiger partial charge in [-0.05, 0) is 12.1 Å². The van der Waals surface area contributed by atoms with E-state index in [1.165, 1.54) is 0 Å². The Hall–Kier alpha value is -2.63. The molecule has 2 heterocycles. The number of carbonyl (C=O) groups excluding carboxylic acids is 1. The molecule has 0 bridgehead atoms. The summed E-state index contributed by atoms with van der Waals surface area (Å²) in [6, 6.07) is 7.23. The molecule has 1 aliphatic rings. The van der Waals surface area contributed by atoms with E-state index in [0.717, 1.165) is 5.56 Å². The normalized spacial score (nSPS) is 13.4. The number of nitrogens with two attached hydrogens (primary N) is 1. The van der Waals surface area contributed by atoms with E-state index in [4.69, 9.17) is 10.5 Å². The first kappa shape index (κ1) is 10.5. The van der Waals surface area contributed by atoms with Gasteiger partial charge >= 0.3 is 0 Å². The van der Waals surface area contributed by atoms with Crippen molar-refractivity contribution in [1.82, 2.24) is 9.97 Å². The van der Waals surface area contributed by atoms with Crippen molar-refractivity contribution in [2.45, 2.75) is 0 Å². The number of aromatic nitrogens is 2. The van der Waals surface area contributed by atoms with Gasteiger partial charge in [-0.1, -0.05) is 12.1 Å². The number of nitrogens with zero attached hydrogens (tertiary/aromatic N) is 2. The second-order valence-electron chi connectivity index (χ2n) is 3.87. The summed E-state index contributed by atoms with van der Waals surface area (Å²) in [5.74, 6) is 1.13. The Labute approximate surface area is 103 Å². The minimum atomic E-state index is -0.222. The summed E-state index contributed by atoms with van der Waals surface area (Å²) >= 11 is 0. The highest BCUT2D eigenvalue weighted by molar-refractivity contribution is 5.94. The van der Waals surface area contributed by atoms with Crippen LogP contribution in [0.5, 0.6) is 5.75 Å². The van der Waals surface area contributed by atoms with Crippen LogP contribution in [0.2, 0.25) is 0 Å². The highest BCUT2D eigenvalue weighted by atomic mass is 16.5. The predicted octanol–water partition coefficient (Wildman–Crippen LogP) is 1.06. The summed E-state index contributed by atoms with van der Waals surface area (Å²) < 4.78 is 5.19. The molecule has 1 aliphatic heterocycles. The third-order valence-electron chi connectivity index (χ3n) is 2.52. The first-order valence-electron chi connectivity index (χ1n) is 5.38. The number of nitrogen functional groups attached to an aromatic ring is 1. The quantitative estimate of drug-likeness (QED) is 0.729. The van der Waals surface area contributed by atoms with E-state index in [0.29, 0.717) is 23.1 Å². The molecule has 3 N–H and O–H groups in total. The van der Waals surface area contributed by atoms with Gasteiger partial charge in [0.05, 0.1) is 6.20 Å². The predicted molar refractivity (Wildman–Crippen MR) is 66.0 cm³/mol. The topological polar surface area (TPSA) is 90.1 Å². The molecular formula is C12H10N4O2. The second kappa shape index (κ2) is 3.99. The average molecular weight is 242 g/mol. The van der Waals surface area contributed by atoms with E-state index in [2.05, 4.69) is 15.3 Å². The van der Waals surface area contributed by atoms with Crippen LogP contribution in [0.3, 0.4) is 0 Å². The van der Waals surface area contributed by atoms with Crippen LogP contribution in [0.1, 0.15) is 0 Å². The van der Waals surface area contributed by atoms with Crippen LogP contribution in [0.15, 0.2) is 30.5 Å². The van der Waals surface area contributed by atoms with Crippen molar-refractivity contribution in [3.05, 3.63) is 30.5 Å². The number of rotatable bonds is 1. The van der Waals surface area contributed by atoms with Gasteiger partial charge in [0.2, 0.25) is 0 Å². The van der Waals surface area contributed by atoms with Crippen molar-refractivity contribution in [2.24, 2.45) is 0 Å². The molecule has 90 valence electrons. The van der Waals surface area contributed by atoms with Gasteiger partial charge in [-0.15, -0.1) is 0 Å². The Morgan fingerprint density at radius 1 is 1.39 bits per heavy atom. The first-order valence-corrected chi connectivity index (χ1v) is 5.38. The maximum Gasteiger partial charge on any atom is 0.263 e. The van der Waals surface area contributed by atoms with Gasteiger partial charge in [0.1, 0.15) is 0 Å². The van der Waals surface area contributed by atoms with Crippen molar-refractivity contribution in [1.29, 1.82) is 0 Å². The minimum absolute atomic E-state index is 0.00596. The van der Waals surface area contributed by atoms with Gasteiger partial charge in [0, 0.05) is 11.3 Å². The van der Waals surface area contributed by atoms with E-state index in [1.807, 2.05) is 12.1 Å². The number of hydrogen-bond donors (Lipinski definition) is 2. The monoisotopic (exact) mass is 242 g/mol. The van der Waals surface area contributed by atoms with E-state index >= 15 is 0 Å². The molecule has 2 aromatic rings. The lowest BCUT2D eigenvalue weighted by atomic mass is 10.2. The Kier molecular flexibility index (Phi) is 2.33. The average Bonchev–Trinajstić information content (AvgIpc) is 2.38. The second-order valence-corrected chi connectivity index (χ2v) is 3.87. The zero-order chi connectivity index (χ0) is 12.5. The minimum Gasteiger partial charge on any atom is -0.478 e. The lowest BCUT2D eigenvalue weighted by Crippen LogP contribution is -2.26. The Morgan fingerprint density at radius 2 is 2.28 bits per heavy atom. The van der Waals surface area contributed by atoms with Crippen LogP contribution < -0.4 is 15.8 Å². The lowest BCUT2D eigenvalue weighted by molar-refractivity contribution is -0.118. The number of hydrogen-bond acceptors (Lipinski definition) is 5. The number of amides is 1. The van der Waals surface area contributed by atoms with Crippen molar-refractivity contribution in [2.75, 3.05) is 17.7 Å². The molecule has 0 saturated heterocycles. The van der Waals surface area contributed by atoms with Crippen molar-refractivity contribution < 1.29 is 9.53 Å². The molecule has 18 heavy (non-hydrogen) atoms. The first-order chi connectivity index (χ1) is 8.72. The lowest BCUT2D eigenvalue weighted by Gasteiger charge is -2.16. The molecule has 0 aliphatic carbocycles. The fourth-order valence-electron chi connectivity index (χ4n) is 1.69. The molecule has 0 radical (unpaired) electrons. The SMILES string of the molecule is Nc1cccc(-c2ncc3c(n2)NC(=O)CO3)c1. The summed E-state index contributed by atoms with van der Waals surface area (Å²) in [6.45, 7) is -0.00596. The molecule has 0 saturated carbocycles. The van der Waals surface area contributed by atoms with Gasteiger partial charge in [-0.2, -0.15) is 0 Å². The highest BCUT2D eigenvalue weighted by Crippen LogP contribution is 2.27. The maximum absolute atomic E-state index is 11.2. The summed E-state index contributed by atoms with van der Waals surface area (Å²) in [6.07, 6.45) is 1.54. The number of nitrogens with one attached hydrogen (secondary N) is 1. The van der Waals surface area contributed by atoms with E-state index < -0.39 is 0 Å². The number of anilines is 2. The molecule has 3 rings (SSSR count). The Bertz CT molecular complexity index is 627. The molecule has 0 fully saturated rings. The van der Waals surface area contributed by atoms with Crippen LogP contribution in [0, 0.1) is 0 Å². The number of carbonyl (C=O) groups is 1. The standard InChI is InChI=1S/C12H10N4O2/c13-8-3-1-2-7(4-8)11-14-5-9-12(16-11)15-10(17)6-18-9/h1-5H,6,13H2,(H,14,15,16,17). The summed E-state index contributed by atoms with van der Waals surface area (Å²) in [4.78, 5) is 19.6. The van der Waals surface area contributed by atoms with Crippen molar-refractivity contribution in [3.8, 4) is 17.1 Å². The van der Waals surface area contributed by atoms with Crippen LogP contribution in [0.4, 0.5) is 11.5 Å². The largest absolute Gasteiger partial charge is 0.478 e. The van der Waals surface area contributed by atoms with Gasteiger partial charge in [-0.3, -0.25) is 4.79 Å². The number of fused-ring (bicyclic) bond motifs is 1. The molecule has 0 spiro atoms. The molecular weight excluding hydrogens is 232 g/mol. The third kappa shape index (κ3) is 1.84. The van der Waals surface area contributed by atoms with Crippen LogP contribution in [-0.4, -0.2) is 22.5 Å². The smallest absolute Gasteiger partial charge is 0.263 e. The van der Waals surface area contributed by atoms with E-state index in [1.54, 1.807) is 18.3 Å². The molecule has 6 nitrogen and oxygen atoms in total. The summed E-state index contributed by atoms with van der Waals surface area (Å²) in [7, 11) is 0. The Morgan fingerprint density at radius 3 is 3.11 bits per heavy atom. The summed E-state index contributed by atoms with van der Waals surface area (Å²) in [5, 5.41) is 2.64. The van der Waals surface area contributed by atoms with Crippen LogP contribution in [0.25, 0.3) is 11.4 Å². The maximum atomic E-state index is 11.2. The number of ether oxygens (including phenoxy) is 1. The molecule has 6 heteroatoms. The number of benzene rings is 1. The molecule has 1 aromatic carbocycles. The van der Waals surface area contributed by atoms with Crippen LogP contribution in [-0.2, 0) is 4.79 Å². The molecule has 0 unspecified atom stereocenters.